The van der Waals surface area contributed by atoms with Gasteiger partial charge in [-0.25, -0.2) is 0 Å². The average molecular weight is 448 g/mol. The Morgan fingerprint density at radius 1 is 0.727 bits per heavy atom. The van der Waals surface area contributed by atoms with Gasteiger partial charge >= 0.3 is 0 Å². The molecule has 7 rings (SSSR count). The van der Waals surface area contributed by atoms with Crippen LogP contribution in [0, 0.1) is 0 Å². The SMILES string of the molecule is CC1(c2cccc3c2c2ccccc2n3-c2cccc3c2-c2ccc(Cl)cc2C3(C)C)CC1. The molecule has 0 radical (unpaired) electrons. The molecule has 2 heteroatoms. The van der Waals surface area contributed by atoms with Gasteiger partial charge in [-0.05, 0) is 70.8 Å². The summed E-state index contributed by atoms with van der Waals surface area (Å²) < 4.78 is 2.50. The Hall–Kier alpha value is -3.03. The van der Waals surface area contributed by atoms with Gasteiger partial charge in [-0.1, -0.05) is 80.9 Å². The fourth-order valence-corrected chi connectivity index (χ4v) is 6.34. The Bertz CT molecular complexity index is 1610. The molecule has 1 fully saturated rings. The van der Waals surface area contributed by atoms with Gasteiger partial charge in [-0.3, -0.25) is 0 Å². The van der Waals surface area contributed by atoms with Gasteiger partial charge in [0.25, 0.3) is 0 Å². The van der Waals surface area contributed by atoms with Crippen molar-refractivity contribution in [1.29, 1.82) is 0 Å². The van der Waals surface area contributed by atoms with Crippen molar-refractivity contribution < 1.29 is 0 Å². The summed E-state index contributed by atoms with van der Waals surface area (Å²) >= 11 is 6.45. The van der Waals surface area contributed by atoms with Crippen LogP contribution in [0.1, 0.15) is 50.3 Å². The number of rotatable bonds is 2. The number of hydrogen-bond donors (Lipinski definition) is 0. The fraction of sp³-hybridized carbons (Fsp3) is 0.226. The van der Waals surface area contributed by atoms with Crippen LogP contribution < -0.4 is 0 Å². The number of nitrogens with zero attached hydrogens (tertiary/aromatic N) is 1. The number of aromatic nitrogens is 1. The van der Waals surface area contributed by atoms with Gasteiger partial charge in [0.1, 0.15) is 0 Å². The lowest BCUT2D eigenvalue weighted by atomic mass is 9.82. The molecule has 1 nitrogen and oxygen atoms in total. The molecule has 0 bridgehead atoms. The second kappa shape index (κ2) is 6.30. The maximum absolute atomic E-state index is 6.45. The number of para-hydroxylation sites is 1. The highest BCUT2D eigenvalue weighted by atomic mass is 35.5. The van der Waals surface area contributed by atoms with E-state index >= 15 is 0 Å². The smallest absolute Gasteiger partial charge is 0.0544 e. The van der Waals surface area contributed by atoms with Crippen LogP contribution in [0.2, 0.25) is 5.02 Å². The molecule has 0 amide bonds. The predicted octanol–water partition coefficient (Wildman–Crippen LogP) is 8.79. The molecule has 4 aromatic carbocycles. The molecule has 0 unspecified atom stereocenters. The average Bonchev–Trinajstić information content (AvgIpc) is 3.42. The molecule has 0 aliphatic heterocycles. The maximum Gasteiger partial charge on any atom is 0.0544 e. The highest BCUT2D eigenvalue weighted by molar-refractivity contribution is 6.30. The van der Waals surface area contributed by atoms with Crippen molar-refractivity contribution in [3.05, 3.63) is 101 Å². The van der Waals surface area contributed by atoms with E-state index in [0.29, 0.717) is 5.41 Å². The molecule has 0 atom stereocenters. The van der Waals surface area contributed by atoms with Crippen molar-refractivity contribution in [3.8, 4) is 16.8 Å². The zero-order valence-electron chi connectivity index (χ0n) is 19.2. The summed E-state index contributed by atoms with van der Waals surface area (Å²) in [5.41, 5.74) is 10.9. The number of halogens is 1. The molecule has 33 heavy (non-hydrogen) atoms. The maximum atomic E-state index is 6.45. The molecule has 1 saturated carbocycles. The summed E-state index contributed by atoms with van der Waals surface area (Å²) in [5, 5.41) is 3.57. The zero-order valence-corrected chi connectivity index (χ0v) is 20.0. The molecule has 1 aromatic heterocycles. The van der Waals surface area contributed by atoms with Crippen LogP contribution in [-0.4, -0.2) is 4.57 Å². The topological polar surface area (TPSA) is 4.93 Å². The van der Waals surface area contributed by atoms with Crippen LogP contribution in [0.15, 0.2) is 78.9 Å². The first-order valence-electron chi connectivity index (χ1n) is 11.9. The molecule has 2 aliphatic rings. The van der Waals surface area contributed by atoms with Gasteiger partial charge < -0.3 is 4.57 Å². The van der Waals surface area contributed by atoms with Crippen molar-refractivity contribution in [1.82, 2.24) is 4.57 Å². The standard InChI is InChI=1S/C31H26ClN/c1-30(2)22-9-6-12-26(28(22)20-15-14-19(32)18-24(20)30)33-25-11-5-4-8-21(25)29-23(31(3)16-17-31)10-7-13-27(29)33/h4-15,18H,16-17H2,1-3H3. The lowest BCUT2D eigenvalue weighted by Gasteiger charge is -2.22. The minimum atomic E-state index is -0.0863. The lowest BCUT2D eigenvalue weighted by Crippen LogP contribution is -2.15. The molecule has 0 spiro atoms. The Balaban J connectivity index is 1.63. The fourth-order valence-electron chi connectivity index (χ4n) is 6.17. The van der Waals surface area contributed by atoms with Crippen LogP contribution in [0.25, 0.3) is 38.6 Å². The van der Waals surface area contributed by atoms with Crippen molar-refractivity contribution in [2.45, 2.75) is 44.4 Å². The van der Waals surface area contributed by atoms with Crippen LogP contribution >= 0.6 is 11.6 Å². The van der Waals surface area contributed by atoms with E-state index in [4.69, 9.17) is 11.6 Å². The molecule has 162 valence electrons. The monoisotopic (exact) mass is 447 g/mol. The highest BCUT2D eigenvalue weighted by Crippen LogP contribution is 2.54. The Labute approximate surface area is 199 Å². The van der Waals surface area contributed by atoms with E-state index in [-0.39, 0.29) is 5.41 Å². The third-order valence-corrected chi connectivity index (χ3v) is 8.46. The van der Waals surface area contributed by atoms with Crippen LogP contribution in [0.4, 0.5) is 0 Å². The van der Waals surface area contributed by atoms with Crippen LogP contribution in [0.5, 0.6) is 0 Å². The van der Waals surface area contributed by atoms with Crippen molar-refractivity contribution in [2.24, 2.45) is 0 Å². The zero-order chi connectivity index (χ0) is 22.5. The first kappa shape index (κ1) is 19.4. The number of fused-ring (bicyclic) bond motifs is 6. The first-order chi connectivity index (χ1) is 15.9. The lowest BCUT2D eigenvalue weighted by molar-refractivity contribution is 0.660. The number of benzene rings is 4. The highest BCUT2D eigenvalue weighted by Gasteiger charge is 2.41. The van der Waals surface area contributed by atoms with Crippen LogP contribution in [0.3, 0.4) is 0 Å². The van der Waals surface area contributed by atoms with Crippen LogP contribution in [-0.2, 0) is 10.8 Å². The summed E-state index contributed by atoms with van der Waals surface area (Å²) in [6.07, 6.45) is 2.54. The Morgan fingerprint density at radius 2 is 1.45 bits per heavy atom. The third-order valence-electron chi connectivity index (χ3n) is 8.23. The normalized spacial score (nSPS) is 17.3. The summed E-state index contributed by atoms with van der Waals surface area (Å²) in [5.74, 6) is 0. The summed E-state index contributed by atoms with van der Waals surface area (Å²) in [4.78, 5) is 0. The van der Waals surface area contributed by atoms with Gasteiger partial charge in [0.15, 0.2) is 0 Å². The van der Waals surface area contributed by atoms with Gasteiger partial charge in [-0.15, -0.1) is 0 Å². The summed E-state index contributed by atoms with van der Waals surface area (Å²) in [6.45, 7) is 7.04. The van der Waals surface area contributed by atoms with Crippen molar-refractivity contribution in [3.63, 3.8) is 0 Å². The largest absolute Gasteiger partial charge is 0.309 e. The molecule has 5 aromatic rings. The van der Waals surface area contributed by atoms with E-state index in [1.165, 1.54) is 68.2 Å². The quantitative estimate of drug-likeness (QED) is 0.255. The number of hydrogen-bond acceptors (Lipinski definition) is 0. The predicted molar refractivity (Wildman–Crippen MR) is 140 cm³/mol. The molecule has 2 aliphatic carbocycles. The van der Waals surface area contributed by atoms with Crippen molar-refractivity contribution in [2.75, 3.05) is 0 Å². The molecule has 1 heterocycles. The van der Waals surface area contributed by atoms with Gasteiger partial charge in [0.2, 0.25) is 0 Å². The molecule has 0 N–H and O–H groups in total. The van der Waals surface area contributed by atoms with E-state index in [0.717, 1.165) is 5.02 Å². The first-order valence-corrected chi connectivity index (χ1v) is 12.2. The molecule has 0 saturated heterocycles. The Morgan fingerprint density at radius 3 is 2.27 bits per heavy atom. The second-order valence-corrected chi connectivity index (χ2v) is 11.1. The van der Waals surface area contributed by atoms with Gasteiger partial charge in [0, 0.05) is 26.8 Å². The van der Waals surface area contributed by atoms with Gasteiger partial charge in [0.05, 0.1) is 16.7 Å². The second-order valence-electron chi connectivity index (χ2n) is 10.6. The van der Waals surface area contributed by atoms with E-state index in [2.05, 4.69) is 98.1 Å². The minimum Gasteiger partial charge on any atom is -0.309 e. The van der Waals surface area contributed by atoms with Gasteiger partial charge in [-0.2, -0.15) is 0 Å². The summed E-state index contributed by atoms with van der Waals surface area (Å²) in [7, 11) is 0. The van der Waals surface area contributed by atoms with Crippen molar-refractivity contribution >= 4 is 33.4 Å². The molecular formula is C31H26ClN. The third kappa shape index (κ3) is 2.49. The summed E-state index contributed by atoms with van der Waals surface area (Å²) in [6, 6.07) is 29.0. The molecular weight excluding hydrogens is 422 g/mol. The Kier molecular flexibility index (Phi) is 3.71. The van der Waals surface area contributed by atoms with E-state index < -0.39 is 0 Å². The van der Waals surface area contributed by atoms with E-state index in [1.54, 1.807) is 0 Å². The van der Waals surface area contributed by atoms with E-state index in [1.807, 2.05) is 6.07 Å². The minimum absolute atomic E-state index is 0.0863. The van der Waals surface area contributed by atoms with E-state index in [9.17, 15) is 0 Å².